The van der Waals surface area contributed by atoms with E-state index in [1.807, 2.05) is 0 Å². The molecule has 1 aromatic rings. The molecule has 2 aliphatic rings. The Labute approximate surface area is 146 Å². The highest BCUT2D eigenvalue weighted by molar-refractivity contribution is 5.79. The molecule has 3 rings (SSSR count). The summed E-state index contributed by atoms with van der Waals surface area (Å²) in [6.45, 7) is 6.45. The summed E-state index contributed by atoms with van der Waals surface area (Å²) in [7, 11) is 1.74. The predicted octanol–water partition coefficient (Wildman–Crippen LogP) is 4.11. The van der Waals surface area contributed by atoms with Crippen molar-refractivity contribution in [2.75, 3.05) is 7.11 Å². The van der Waals surface area contributed by atoms with Crippen LogP contribution in [0.5, 0.6) is 5.75 Å². The van der Waals surface area contributed by atoms with Crippen molar-refractivity contribution in [2.24, 2.45) is 11.8 Å². The van der Waals surface area contributed by atoms with E-state index in [4.69, 9.17) is 4.74 Å². The molecule has 24 heavy (non-hydrogen) atoms. The average molecular weight is 329 g/mol. The van der Waals surface area contributed by atoms with Gasteiger partial charge in [-0.3, -0.25) is 4.79 Å². The number of rotatable bonds is 4. The van der Waals surface area contributed by atoms with Gasteiger partial charge in [0, 0.05) is 12.0 Å². The Morgan fingerprint density at radius 3 is 2.58 bits per heavy atom. The van der Waals surface area contributed by atoms with Crippen molar-refractivity contribution >= 4 is 5.91 Å². The van der Waals surface area contributed by atoms with Gasteiger partial charge in [0.1, 0.15) is 5.75 Å². The Bertz CT molecular complexity index is 617. The van der Waals surface area contributed by atoms with Crippen LogP contribution >= 0.6 is 0 Å². The van der Waals surface area contributed by atoms with E-state index in [1.54, 1.807) is 7.11 Å². The molecule has 1 fully saturated rings. The molecule has 1 N–H and O–H groups in total. The molecule has 0 bridgehead atoms. The second kappa shape index (κ2) is 7.16. The Kier molecular flexibility index (Phi) is 5.17. The summed E-state index contributed by atoms with van der Waals surface area (Å²) in [6, 6.07) is 2.57. The number of aryl methyl sites for hydroxylation is 1. The van der Waals surface area contributed by atoms with Crippen LogP contribution < -0.4 is 10.1 Å². The first kappa shape index (κ1) is 17.3. The Hall–Kier alpha value is -1.51. The van der Waals surface area contributed by atoms with Gasteiger partial charge in [0.2, 0.25) is 5.91 Å². The second-order valence-electron chi connectivity index (χ2n) is 7.76. The van der Waals surface area contributed by atoms with Crippen LogP contribution in [0.4, 0.5) is 0 Å². The number of benzene rings is 1. The highest BCUT2D eigenvalue weighted by atomic mass is 16.5. The van der Waals surface area contributed by atoms with E-state index in [0.29, 0.717) is 12.0 Å². The molecule has 2 atom stereocenters. The molecule has 2 aliphatic carbocycles. The summed E-state index contributed by atoms with van der Waals surface area (Å²) in [4.78, 5) is 12.6. The van der Waals surface area contributed by atoms with E-state index in [9.17, 15) is 4.79 Å². The third-order valence-electron chi connectivity index (χ3n) is 6.28. The SMILES string of the molecule is COc1cc(C)c2c(c1C)CC(C(C)C(=O)NC1CCCC1)CC2. The Morgan fingerprint density at radius 1 is 1.21 bits per heavy atom. The van der Waals surface area contributed by atoms with E-state index < -0.39 is 0 Å². The summed E-state index contributed by atoms with van der Waals surface area (Å²) in [6.07, 6.45) is 8.01. The molecule has 0 radical (unpaired) electrons. The van der Waals surface area contributed by atoms with E-state index in [2.05, 4.69) is 32.2 Å². The maximum Gasteiger partial charge on any atom is 0.223 e. The number of hydrogen-bond donors (Lipinski definition) is 1. The highest BCUT2D eigenvalue weighted by Gasteiger charge is 2.31. The van der Waals surface area contributed by atoms with Crippen LogP contribution in [-0.4, -0.2) is 19.1 Å². The largest absolute Gasteiger partial charge is 0.496 e. The van der Waals surface area contributed by atoms with Gasteiger partial charge in [0.05, 0.1) is 7.11 Å². The summed E-state index contributed by atoms with van der Waals surface area (Å²) in [5.74, 6) is 1.76. The van der Waals surface area contributed by atoms with Crippen molar-refractivity contribution in [3.05, 3.63) is 28.3 Å². The van der Waals surface area contributed by atoms with Crippen molar-refractivity contribution in [2.45, 2.75) is 71.8 Å². The third-order valence-corrected chi connectivity index (χ3v) is 6.28. The van der Waals surface area contributed by atoms with Gasteiger partial charge < -0.3 is 10.1 Å². The lowest BCUT2D eigenvalue weighted by Gasteiger charge is -2.32. The minimum absolute atomic E-state index is 0.0876. The topological polar surface area (TPSA) is 38.3 Å². The highest BCUT2D eigenvalue weighted by Crippen LogP contribution is 2.37. The van der Waals surface area contributed by atoms with Crippen molar-refractivity contribution in [1.82, 2.24) is 5.32 Å². The molecule has 1 amide bonds. The quantitative estimate of drug-likeness (QED) is 0.902. The number of fused-ring (bicyclic) bond motifs is 1. The lowest BCUT2D eigenvalue weighted by atomic mass is 9.74. The van der Waals surface area contributed by atoms with Gasteiger partial charge in [-0.1, -0.05) is 19.8 Å². The Balaban J connectivity index is 1.74. The molecule has 0 spiro atoms. The first-order valence-electron chi connectivity index (χ1n) is 9.47. The van der Waals surface area contributed by atoms with Gasteiger partial charge in [-0.05, 0) is 80.2 Å². The van der Waals surface area contributed by atoms with Crippen molar-refractivity contribution in [3.63, 3.8) is 0 Å². The molecular formula is C21H31NO2. The molecule has 132 valence electrons. The zero-order valence-electron chi connectivity index (χ0n) is 15.6. The molecule has 3 nitrogen and oxygen atoms in total. The molecule has 0 saturated heterocycles. The van der Waals surface area contributed by atoms with Crippen LogP contribution in [0.3, 0.4) is 0 Å². The van der Waals surface area contributed by atoms with Crippen LogP contribution in [0.2, 0.25) is 0 Å². The van der Waals surface area contributed by atoms with E-state index >= 15 is 0 Å². The van der Waals surface area contributed by atoms with Gasteiger partial charge in [0.15, 0.2) is 0 Å². The maximum absolute atomic E-state index is 12.6. The summed E-state index contributed by atoms with van der Waals surface area (Å²) in [5.41, 5.74) is 5.48. The molecule has 0 heterocycles. The summed E-state index contributed by atoms with van der Waals surface area (Å²) in [5, 5.41) is 3.28. The number of carbonyl (C=O) groups excluding carboxylic acids is 1. The van der Waals surface area contributed by atoms with Gasteiger partial charge in [0.25, 0.3) is 0 Å². The van der Waals surface area contributed by atoms with E-state index in [1.165, 1.54) is 35.1 Å². The zero-order valence-corrected chi connectivity index (χ0v) is 15.6. The minimum atomic E-state index is 0.0876. The van der Waals surface area contributed by atoms with E-state index in [0.717, 1.165) is 37.9 Å². The zero-order chi connectivity index (χ0) is 17.3. The fourth-order valence-electron chi connectivity index (χ4n) is 4.58. The number of amides is 1. The van der Waals surface area contributed by atoms with Crippen molar-refractivity contribution < 1.29 is 9.53 Å². The monoisotopic (exact) mass is 329 g/mol. The second-order valence-corrected chi connectivity index (χ2v) is 7.76. The van der Waals surface area contributed by atoms with Crippen LogP contribution in [0.1, 0.15) is 61.3 Å². The van der Waals surface area contributed by atoms with Gasteiger partial charge in [-0.15, -0.1) is 0 Å². The average Bonchev–Trinajstić information content (AvgIpc) is 3.09. The molecular weight excluding hydrogens is 298 g/mol. The molecule has 0 aliphatic heterocycles. The van der Waals surface area contributed by atoms with Crippen LogP contribution in [0.25, 0.3) is 0 Å². The smallest absolute Gasteiger partial charge is 0.223 e. The maximum atomic E-state index is 12.6. The predicted molar refractivity (Wildman–Crippen MR) is 97.5 cm³/mol. The summed E-state index contributed by atoms with van der Waals surface area (Å²) < 4.78 is 5.54. The minimum Gasteiger partial charge on any atom is -0.496 e. The normalized spacial score (nSPS) is 22.1. The van der Waals surface area contributed by atoms with Crippen LogP contribution in [0, 0.1) is 25.7 Å². The van der Waals surface area contributed by atoms with Crippen LogP contribution in [0.15, 0.2) is 6.07 Å². The van der Waals surface area contributed by atoms with Crippen molar-refractivity contribution in [1.29, 1.82) is 0 Å². The number of hydrogen-bond acceptors (Lipinski definition) is 2. The first-order valence-corrected chi connectivity index (χ1v) is 9.47. The fourth-order valence-corrected chi connectivity index (χ4v) is 4.58. The summed E-state index contributed by atoms with van der Waals surface area (Å²) >= 11 is 0. The van der Waals surface area contributed by atoms with E-state index in [-0.39, 0.29) is 11.8 Å². The van der Waals surface area contributed by atoms with Crippen LogP contribution in [-0.2, 0) is 17.6 Å². The lowest BCUT2D eigenvalue weighted by molar-refractivity contribution is -0.126. The molecule has 0 aromatic heterocycles. The number of nitrogens with one attached hydrogen (secondary N) is 1. The third kappa shape index (κ3) is 3.31. The first-order chi connectivity index (χ1) is 11.5. The Morgan fingerprint density at radius 2 is 1.92 bits per heavy atom. The standard InChI is InChI=1S/C21H31NO2/c1-13-11-20(24-4)15(3)19-12-16(9-10-18(13)19)14(2)21(23)22-17-7-5-6-8-17/h11,14,16-17H,5-10,12H2,1-4H3,(H,22,23). The number of methoxy groups -OCH3 is 1. The van der Waals surface area contributed by atoms with Crippen molar-refractivity contribution in [3.8, 4) is 5.75 Å². The van der Waals surface area contributed by atoms with Gasteiger partial charge in [-0.25, -0.2) is 0 Å². The molecule has 1 saturated carbocycles. The lowest BCUT2D eigenvalue weighted by Crippen LogP contribution is -2.40. The molecule has 2 unspecified atom stereocenters. The van der Waals surface area contributed by atoms with Gasteiger partial charge >= 0.3 is 0 Å². The fraction of sp³-hybridized carbons (Fsp3) is 0.667. The molecule has 1 aromatic carbocycles. The number of ether oxygens (including phenoxy) is 1. The number of carbonyl (C=O) groups is 1. The van der Waals surface area contributed by atoms with Gasteiger partial charge in [-0.2, -0.15) is 0 Å². The molecule has 3 heteroatoms.